The summed E-state index contributed by atoms with van der Waals surface area (Å²) in [7, 11) is 0. The number of aryl methyl sites for hydroxylation is 1. The van der Waals surface area contributed by atoms with Crippen molar-refractivity contribution in [3.63, 3.8) is 0 Å². The van der Waals surface area contributed by atoms with Gasteiger partial charge in [0.2, 0.25) is 0 Å². The molecule has 142 valence electrons. The van der Waals surface area contributed by atoms with Crippen LogP contribution in [0.5, 0.6) is 0 Å². The molecule has 2 aromatic heterocycles. The summed E-state index contributed by atoms with van der Waals surface area (Å²) in [5.41, 5.74) is 6.11. The third-order valence-electron chi connectivity index (χ3n) is 3.90. The average Bonchev–Trinajstić information content (AvgIpc) is 3.11. The molecule has 0 atom stereocenters. The van der Waals surface area contributed by atoms with E-state index in [4.69, 9.17) is 0 Å². The van der Waals surface area contributed by atoms with Gasteiger partial charge in [0.05, 0.1) is 11.4 Å². The van der Waals surface area contributed by atoms with Gasteiger partial charge in [0.25, 0.3) is 11.5 Å². The number of hydrogen-bond donors (Lipinski definition) is 2. The van der Waals surface area contributed by atoms with Crippen LogP contribution in [0.2, 0.25) is 0 Å². The average molecular weight is 394 g/mol. The van der Waals surface area contributed by atoms with Crippen molar-refractivity contribution in [3.8, 4) is 6.07 Å². The lowest BCUT2D eigenvalue weighted by Crippen LogP contribution is -2.36. The van der Waals surface area contributed by atoms with Gasteiger partial charge in [-0.3, -0.25) is 15.0 Å². The molecule has 3 rings (SSSR count). The Morgan fingerprint density at radius 3 is 2.64 bits per heavy atom. The second kappa shape index (κ2) is 8.02. The Balaban J connectivity index is 1.90. The van der Waals surface area contributed by atoms with Gasteiger partial charge in [-0.1, -0.05) is 18.2 Å². The summed E-state index contributed by atoms with van der Waals surface area (Å²) in [6.45, 7) is 5.48. The number of thiazole rings is 1. The number of rotatable bonds is 5. The first kappa shape index (κ1) is 19.3. The van der Waals surface area contributed by atoms with Gasteiger partial charge < -0.3 is 5.43 Å². The minimum Gasteiger partial charge on any atom is -0.304 e. The molecule has 0 saturated heterocycles. The number of carbonyl (C=O) groups excluding carboxylic acids is 1. The Hall–Kier alpha value is -3.51. The molecular weight excluding hydrogens is 376 g/mol. The van der Waals surface area contributed by atoms with E-state index in [-0.39, 0.29) is 17.3 Å². The predicted octanol–water partition coefficient (Wildman–Crippen LogP) is 2.54. The normalized spacial score (nSPS) is 11.5. The minimum atomic E-state index is -0.519. The summed E-state index contributed by atoms with van der Waals surface area (Å²) in [6.07, 6.45) is 1.37. The van der Waals surface area contributed by atoms with E-state index in [2.05, 4.69) is 20.9 Å². The monoisotopic (exact) mass is 394 g/mol. The number of allylic oxidation sites excluding steroid dienone is 1. The highest BCUT2D eigenvalue weighted by atomic mass is 32.1. The number of nitrogens with one attached hydrogen (secondary N) is 2. The van der Waals surface area contributed by atoms with E-state index in [9.17, 15) is 14.9 Å². The molecule has 28 heavy (non-hydrogen) atoms. The molecule has 2 N–H and O–H groups in total. The topological polar surface area (TPSA) is 113 Å². The van der Waals surface area contributed by atoms with Gasteiger partial charge in [-0.25, -0.2) is 9.67 Å². The molecule has 0 saturated carbocycles. The molecule has 9 heteroatoms. The van der Waals surface area contributed by atoms with Gasteiger partial charge in [-0.2, -0.15) is 10.4 Å². The molecule has 2 heterocycles. The van der Waals surface area contributed by atoms with Crippen LogP contribution in [0.15, 0.2) is 40.6 Å². The number of aromatic nitrogens is 3. The minimum absolute atomic E-state index is 0.119. The second-order valence-corrected chi connectivity index (χ2v) is 7.16. The number of nitrogens with zero attached hydrogens (tertiary/aromatic N) is 4. The Morgan fingerprint density at radius 2 is 2.04 bits per heavy atom. The first-order chi connectivity index (χ1) is 13.4. The maximum absolute atomic E-state index is 12.7. The van der Waals surface area contributed by atoms with Gasteiger partial charge >= 0.3 is 0 Å². The van der Waals surface area contributed by atoms with Gasteiger partial charge in [-0.15, -0.1) is 11.3 Å². The largest absolute Gasteiger partial charge is 0.304 e. The van der Waals surface area contributed by atoms with Crippen LogP contribution in [0.1, 0.15) is 41.1 Å². The van der Waals surface area contributed by atoms with Crippen LogP contribution in [0.25, 0.3) is 16.3 Å². The number of hydrazine groups is 1. The smallest absolute Gasteiger partial charge is 0.290 e. The summed E-state index contributed by atoms with van der Waals surface area (Å²) in [4.78, 5) is 29.5. The van der Waals surface area contributed by atoms with Crippen molar-refractivity contribution in [2.45, 2.75) is 26.8 Å². The Kier molecular flexibility index (Phi) is 5.52. The lowest BCUT2D eigenvalue weighted by Gasteiger charge is -2.13. The lowest BCUT2D eigenvalue weighted by molar-refractivity contribution is 0.0935. The van der Waals surface area contributed by atoms with Gasteiger partial charge in [-0.05, 0) is 26.8 Å². The Bertz CT molecular complexity index is 1170. The van der Waals surface area contributed by atoms with E-state index in [1.54, 1.807) is 24.3 Å². The third-order valence-corrected chi connectivity index (χ3v) is 4.90. The number of carbonyl (C=O) groups is 1. The van der Waals surface area contributed by atoms with Crippen molar-refractivity contribution in [2.75, 3.05) is 0 Å². The molecule has 0 spiro atoms. The molecule has 0 fully saturated rings. The van der Waals surface area contributed by atoms with E-state index in [0.29, 0.717) is 21.4 Å². The fourth-order valence-electron chi connectivity index (χ4n) is 2.58. The summed E-state index contributed by atoms with van der Waals surface area (Å²) < 4.78 is 1.28. The van der Waals surface area contributed by atoms with E-state index in [1.807, 2.05) is 32.2 Å². The summed E-state index contributed by atoms with van der Waals surface area (Å²) in [6, 6.07) is 8.67. The molecule has 0 aliphatic rings. The second-order valence-electron chi connectivity index (χ2n) is 6.30. The number of hydrogen-bond acceptors (Lipinski definition) is 7. The molecule has 1 amide bonds. The third kappa shape index (κ3) is 3.77. The first-order valence-electron chi connectivity index (χ1n) is 8.52. The molecule has 0 radical (unpaired) electrons. The highest BCUT2D eigenvalue weighted by molar-refractivity contribution is 7.10. The van der Waals surface area contributed by atoms with E-state index >= 15 is 0 Å². The van der Waals surface area contributed by atoms with Crippen molar-refractivity contribution in [3.05, 3.63) is 62.6 Å². The Morgan fingerprint density at radius 1 is 1.32 bits per heavy atom. The van der Waals surface area contributed by atoms with E-state index in [0.717, 1.165) is 5.69 Å². The van der Waals surface area contributed by atoms with Crippen molar-refractivity contribution in [1.29, 1.82) is 5.26 Å². The van der Waals surface area contributed by atoms with Crippen LogP contribution in [-0.4, -0.2) is 20.7 Å². The van der Waals surface area contributed by atoms with Crippen LogP contribution >= 0.6 is 11.3 Å². The summed E-state index contributed by atoms with van der Waals surface area (Å²) >= 11 is 1.34. The lowest BCUT2D eigenvalue weighted by atomic mass is 10.1. The highest BCUT2D eigenvalue weighted by Gasteiger charge is 2.17. The first-order valence-corrected chi connectivity index (χ1v) is 9.40. The molecule has 8 nitrogen and oxygen atoms in total. The molecule has 1 aromatic carbocycles. The number of fused-ring (bicyclic) bond motifs is 1. The highest BCUT2D eigenvalue weighted by Crippen LogP contribution is 2.18. The molecule has 0 aliphatic carbocycles. The molecule has 0 unspecified atom stereocenters. The quantitative estimate of drug-likeness (QED) is 0.508. The van der Waals surface area contributed by atoms with Crippen molar-refractivity contribution in [1.82, 2.24) is 25.6 Å². The number of nitriles is 1. The Labute approximate surface area is 165 Å². The zero-order valence-corrected chi connectivity index (χ0v) is 16.4. The van der Waals surface area contributed by atoms with Gasteiger partial charge in [0, 0.05) is 22.7 Å². The fraction of sp³-hybridized carbons (Fsp3) is 0.211. The zero-order chi connectivity index (χ0) is 20.3. The number of amides is 1. The zero-order valence-electron chi connectivity index (χ0n) is 15.6. The molecule has 3 aromatic rings. The standard InChI is InChI=1S/C19H18N6O2S/c1-11(2)25-19(27)15-7-5-4-6-14(15)16(24-25)17(26)23-21-9-13(8-20)18-22-12(3)10-28-18/h4-7,9-11,21H,1-3H3,(H,23,26)/b13-9+. The van der Waals surface area contributed by atoms with E-state index in [1.165, 1.54) is 22.2 Å². The van der Waals surface area contributed by atoms with Gasteiger partial charge in [0.1, 0.15) is 16.6 Å². The van der Waals surface area contributed by atoms with Gasteiger partial charge in [0.15, 0.2) is 5.69 Å². The molecule has 0 aliphatic heterocycles. The van der Waals surface area contributed by atoms with Crippen LogP contribution in [0.4, 0.5) is 0 Å². The van der Waals surface area contributed by atoms with Crippen LogP contribution < -0.4 is 16.4 Å². The van der Waals surface area contributed by atoms with Crippen LogP contribution in [0.3, 0.4) is 0 Å². The van der Waals surface area contributed by atoms with E-state index < -0.39 is 5.91 Å². The van der Waals surface area contributed by atoms with Crippen LogP contribution in [-0.2, 0) is 0 Å². The summed E-state index contributed by atoms with van der Waals surface area (Å²) in [5.74, 6) is -0.519. The van der Waals surface area contributed by atoms with Crippen LogP contribution in [0, 0.1) is 18.3 Å². The summed E-state index contributed by atoms with van der Waals surface area (Å²) in [5, 5.41) is 16.8. The van der Waals surface area contributed by atoms with Crippen molar-refractivity contribution < 1.29 is 4.79 Å². The molecule has 0 bridgehead atoms. The maximum atomic E-state index is 12.7. The van der Waals surface area contributed by atoms with Crippen molar-refractivity contribution in [2.24, 2.45) is 0 Å². The van der Waals surface area contributed by atoms with Crippen molar-refractivity contribution >= 4 is 33.6 Å². The number of benzene rings is 1. The fourth-order valence-corrected chi connectivity index (χ4v) is 3.34. The molecular formula is C19H18N6O2S. The predicted molar refractivity (Wildman–Crippen MR) is 107 cm³/mol. The maximum Gasteiger partial charge on any atom is 0.290 e. The SMILES string of the molecule is Cc1csc(/C(C#N)=C/NNC(=O)c2nn(C(C)C)c(=O)c3ccccc23)n1.